The topological polar surface area (TPSA) is 29.9 Å². The molecule has 2 unspecified atom stereocenters. The van der Waals surface area contributed by atoms with E-state index < -0.39 is 0 Å². The first-order chi connectivity index (χ1) is 10.2. The van der Waals surface area contributed by atoms with E-state index in [1.54, 1.807) is 0 Å². The van der Waals surface area contributed by atoms with Gasteiger partial charge in [-0.2, -0.15) is 0 Å². The van der Waals surface area contributed by atoms with Gasteiger partial charge in [-0.05, 0) is 36.8 Å². The summed E-state index contributed by atoms with van der Waals surface area (Å²) in [5, 5.41) is 3.79. The fourth-order valence-corrected chi connectivity index (χ4v) is 3.79. The van der Waals surface area contributed by atoms with E-state index in [-0.39, 0.29) is 0 Å². The summed E-state index contributed by atoms with van der Waals surface area (Å²) >= 11 is 0. The molecule has 21 heavy (non-hydrogen) atoms. The van der Waals surface area contributed by atoms with Gasteiger partial charge in [-0.1, -0.05) is 38.8 Å². The second kappa shape index (κ2) is 6.18. The third kappa shape index (κ3) is 2.98. The van der Waals surface area contributed by atoms with E-state index in [0.717, 1.165) is 29.7 Å². The number of para-hydroxylation sites is 2. The van der Waals surface area contributed by atoms with Crippen LogP contribution < -0.4 is 5.32 Å². The average Bonchev–Trinajstić information content (AvgIpc) is 2.82. The molecule has 2 atom stereocenters. The Labute approximate surface area is 127 Å². The number of nitrogens with zero attached hydrogens (tertiary/aromatic N) is 2. The number of benzene rings is 1. The average molecular weight is 285 g/mol. The number of hydrogen-bond donors (Lipinski definition) is 1. The van der Waals surface area contributed by atoms with E-state index in [4.69, 9.17) is 4.98 Å². The van der Waals surface area contributed by atoms with Crippen LogP contribution in [0.5, 0.6) is 0 Å². The standard InChI is InChI=1S/C18H27N3/c1-13(2)14-8-4-5-9-15(14)19-12-18-20-16-10-6-7-11-17(16)21(18)3/h6-7,10-11,13-15,19H,4-5,8-9,12H2,1-3H3. The number of aryl methyl sites for hydroxylation is 1. The molecule has 1 aromatic carbocycles. The maximum absolute atomic E-state index is 4.77. The first-order valence-electron chi connectivity index (χ1n) is 8.30. The van der Waals surface area contributed by atoms with Crippen molar-refractivity contribution >= 4 is 11.0 Å². The van der Waals surface area contributed by atoms with Crippen molar-refractivity contribution in [2.75, 3.05) is 0 Å². The molecule has 114 valence electrons. The van der Waals surface area contributed by atoms with Crippen LogP contribution in [0.1, 0.15) is 45.4 Å². The quantitative estimate of drug-likeness (QED) is 0.924. The summed E-state index contributed by atoms with van der Waals surface area (Å²) < 4.78 is 2.22. The Kier molecular flexibility index (Phi) is 4.29. The van der Waals surface area contributed by atoms with Crippen molar-refractivity contribution in [3.63, 3.8) is 0 Å². The molecule has 1 heterocycles. The van der Waals surface area contributed by atoms with Crippen molar-refractivity contribution in [2.24, 2.45) is 18.9 Å². The van der Waals surface area contributed by atoms with Gasteiger partial charge in [0.05, 0.1) is 17.6 Å². The van der Waals surface area contributed by atoms with Crippen LogP contribution in [0.15, 0.2) is 24.3 Å². The lowest BCUT2D eigenvalue weighted by Gasteiger charge is -2.35. The Bertz CT molecular complexity index is 600. The molecule has 1 aromatic heterocycles. The van der Waals surface area contributed by atoms with Crippen LogP contribution in [-0.2, 0) is 13.6 Å². The molecule has 0 amide bonds. The van der Waals surface area contributed by atoms with Gasteiger partial charge in [-0.25, -0.2) is 4.98 Å². The summed E-state index contributed by atoms with van der Waals surface area (Å²) in [4.78, 5) is 4.77. The lowest BCUT2D eigenvalue weighted by molar-refractivity contribution is 0.203. The van der Waals surface area contributed by atoms with Crippen molar-refractivity contribution in [1.29, 1.82) is 0 Å². The van der Waals surface area contributed by atoms with Gasteiger partial charge < -0.3 is 9.88 Å². The number of hydrogen-bond acceptors (Lipinski definition) is 2. The molecule has 3 heteroatoms. The van der Waals surface area contributed by atoms with Gasteiger partial charge in [0.1, 0.15) is 5.82 Å². The molecule has 0 spiro atoms. The number of fused-ring (bicyclic) bond motifs is 1. The van der Waals surface area contributed by atoms with Crippen LogP contribution in [0.25, 0.3) is 11.0 Å². The van der Waals surface area contributed by atoms with Gasteiger partial charge >= 0.3 is 0 Å². The van der Waals surface area contributed by atoms with Crippen LogP contribution in [0.4, 0.5) is 0 Å². The summed E-state index contributed by atoms with van der Waals surface area (Å²) in [5.74, 6) is 2.72. The van der Waals surface area contributed by atoms with Crippen LogP contribution in [0.2, 0.25) is 0 Å². The van der Waals surface area contributed by atoms with Crippen molar-refractivity contribution in [3.8, 4) is 0 Å². The second-order valence-corrected chi connectivity index (χ2v) is 6.76. The fourth-order valence-electron chi connectivity index (χ4n) is 3.79. The molecule has 0 saturated heterocycles. The first-order valence-corrected chi connectivity index (χ1v) is 8.30. The Balaban J connectivity index is 1.72. The van der Waals surface area contributed by atoms with Crippen LogP contribution >= 0.6 is 0 Å². The minimum Gasteiger partial charge on any atom is -0.330 e. The zero-order chi connectivity index (χ0) is 14.8. The van der Waals surface area contributed by atoms with Crippen LogP contribution in [-0.4, -0.2) is 15.6 Å². The van der Waals surface area contributed by atoms with Crippen molar-refractivity contribution in [3.05, 3.63) is 30.1 Å². The lowest BCUT2D eigenvalue weighted by Crippen LogP contribution is -2.40. The Morgan fingerprint density at radius 3 is 2.76 bits per heavy atom. The first kappa shape index (κ1) is 14.6. The molecule has 3 rings (SSSR count). The minimum absolute atomic E-state index is 0.651. The van der Waals surface area contributed by atoms with Gasteiger partial charge in [0, 0.05) is 13.1 Å². The van der Waals surface area contributed by atoms with Crippen molar-refractivity contribution in [1.82, 2.24) is 14.9 Å². The summed E-state index contributed by atoms with van der Waals surface area (Å²) in [6.45, 7) is 5.60. The highest BCUT2D eigenvalue weighted by atomic mass is 15.1. The third-order valence-corrected chi connectivity index (χ3v) is 5.08. The molecule has 2 aromatic rings. The Hall–Kier alpha value is -1.35. The fraction of sp³-hybridized carbons (Fsp3) is 0.611. The predicted octanol–water partition coefficient (Wildman–Crippen LogP) is 3.88. The monoisotopic (exact) mass is 285 g/mol. The Morgan fingerprint density at radius 1 is 1.24 bits per heavy atom. The van der Waals surface area contributed by atoms with Gasteiger partial charge in [-0.3, -0.25) is 0 Å². The largest absolute Gasteiger partial charge is 0.330 e. The number of rotatable bonds is 4. The van der Waals surface area contributed by atoms with Gasteiger partial charge in [-0.15, -0.1) is 0 Å². The third-order valence-electron chi connectivity index (χ3n) is 5.08. The molecule has 1 aliphatic rings. The number of nitrogens with one attached hydrogen (secondary N) is 1. The van der Waals surface area contributed by atoms with Gasteiger partial charge in [0.15, 0.2) is 0 Å². The zero-order valence-corrected chi connectivity index (χ0v) is 13.5. The summed E-state index contributed by atoms with van der Waals surface area (Å²) in [7, 11) is 2.12. The molecule has 0 radical (unpaired) electrons. The van der Waals surface area contributed by atoms with Gasteiger partial charge in [0.25, 0.3) is 0 Å². The maximum Gasteiger partial charge on any atom is 0.123 e. The lowest BCUT2D eigenvalue weighted by atomic mass is 9.78. The van der Waals surface area contributed by atoms with Crippen molar-refractivity contribution in [2.45, 2.75) is 52.1 Å². The molecule has 0 aliphatic heterocycles. The second-order valence-electron chi connectivity index (χ2n) is 6.76. The van der Waals surface area contributed by atoms with E-state index >= 15 is 0 Å². The number of aromatic nitrogens is 2. The maximum atomic E-state index is 4.77. The minimum atomic E-state index is 0.651. The molecule has 0 bridgehead atoms. The summed E-state index contributed by atoms with van der Waals surface area (Å²) in [5.41, 5.74) is 2.32. The van der Waals surface area contributed by atoms with E-state index in [9.17, 15) is 0 Å². The normalized spacial score (nSPS) is 23.0. The molecule has 1 saturated carbocycles. The van der Waals surface area contributed by atoms with Gasteiger partial charge in [0.2, 0.25) is 0 Å². The van der Waals surface area contributed by atoms with Crippen molar-refractivity contribution < 1.29 is 0 Å². The molecule has 1 aliphatic carbocycles. The predicted molar refractivity (Wildman–Crippen MR) is 88.1 cm³/mol. The van der Waals surface area contributed by atoms with E-state index in [0.29, 0.717) is 6.04 Å². The highest BCUT2D eigenvalue weighted by molar-refractivity contribution is 5.75. The highest BCUT2D eigenvalue weighted by Crippen LogP contribution is 2.30. The highest BCUT2D eigenvalue weighted by Gasteiger charge is 2.27. The molecule has 3 nitrogen and oxygen atoms in total. The molecule has 1 fully saturated rings. The Morgan fingerprint density at radius 2 is 2.00 bits per heavy atom. The smallest absolute Gasteiger partial charge is 0.123 e. The molecular weight excluding hydrogens is 258 g/mol. The molecule has 1 N–H and O–H groups in total. The summed E-state index contributed by atoms with van der Waals surface area (Å²) in [6, 6.07) is 9.03. The zero-order valence-electron chi connectivity index (χ0n) is 13.5. The molecular formula is C18H27N3. The van der Waals surface area contributed by atoms with Crippen LogP contribution in [0, 0.1) is 11.8 Å². The van der Waals surface area contributed by atoms with Crippen LogP contribution in [0.3, 0.4) is 0 Å². The number of imidazole rings is 1. The van der Waals surface area contributed by atoms with E-state index in [1.165, 1.54) is 31.2 Å². The van der Waals surface area contributed by atoms with E-state index in [1.807, 2.05) is 0 Å². The summed E-state index contributed by atoms with van der Waals surface area (Å²) in [6.07, 6.45) is 5.45. The SMILES string of the molecule is CC(C)C1CCCCC1NCc1nc2ccccc2n1C. The van der Waals surface area contributed by atoms with E-state index in [2.05, 4.69) is 55.0 Å².